The summed E-state index contributed by atoms with van der Waals surface area (Å²) in [5.74, 6) is 0. The van der Waals surface area contributed by atoms with Gasteiger partial charge in [-0.3, -0.25) is 0 Å². The van der Waals surface area contributed by atoms with Crippen LogP contribution in [-0.2, 0) is 0 Å². The Kier molecular flexibility index (Phi) is 6.61. The number of aromatic nitrogens is 2. The molecule has 0 radical (unpaired) electrons. The van der Waals surface area contributed by atoms with Crippen molar-refractivity contribution in [2.75, 3.05) is 0 Å². The second-order valence-corrected chi connectivity index (χ2v) is 13.8. The van der Waals surface area contributed by atoms with Crippen LogP contribution in [0.3, 0.4) is 0 Å². The standard InChI is InChI=1S/C50H28N4O/c1-52-48-47(32-18-6-3-7-19-32)50(53-40-24-12-8-20-33(40)34-21-9-13-25-41(34)53)46(31-16-4-2-5-17-31)39(30-51)49(48)54-42-26-14-10-22-35(42)37-28-38-36-23-11-15-27-44(36)55-45(38)29-43(37)54/h2-29H. The van der Waals surface area contributed by atoms with Crippen LogP contribution in [0.2, 0.25) is 0 Å². The molecule has 5 heteroatoms. The average Bonchev–Trinajstić information content (AvgIpc) is 3.89. The topological polar surface area (TPSA) is 51.1 Å². The number of benzene rings is 8. The summed E-state index contributed by atoms with van der Waals surface area (Å²) in [4.78, 5) is 4.43. The largest absolute Gasteiger partial charge is 0.456 e. The Balaban J connectivity index is 1.40. The fourth-order valence-corrected chi connectivity index (χ4v) is 8.73. The van der Waals surface area contributed by atoms with Crippen molar-refractivity contribution in [1.29, 1.82) is 5.26 Å². The zero-order valence-electron chi connectivity index (χ0n) is 29.4. The fraction of sp³-hybridized carbons (Fsp3) is 0. The maximum absolute atomic E-state index is 11.6. The van der Waals surface area contributed by atoms with Crippen molar-refractivity contribution in [3.63, 3.8) is 0 Å². The lowest BCUT2D eigenvalue weighted by molar-refractivity contribution is 0.669. The van der Waals surface area contributed by atoms with Gasteiger partial charge >= 0.3 is 0 Å². The van der Waals surface area contributed by atoms with Gasteiger partial charge in [0.1, 0.15) is 17.2 Å². The maximum Gasteiger partial charge on any atom is 0.221 e. The Bertz CT molecular complexity index is 3310. The molecule has 11 aromatic rings. The molecule has 3 heterocycles. The van der Waals surface area contributed by atoms with Gasteiger partial charge in [-0.2, -0.15) is 5.26 Å². The van der Waals surface area contributed by atoms with Crippen LogP contribution in [0.5, 0.6) is 0 Å². The Labute approximate surface area is 315 Å². The van der Waals surface area contributed by atoms with E-state index in [0.717, 1.165) is 93.5 Å². The van der Waals surface area contributed by atoms with Gasteiger partial charge in [0.05, 0.1) is 45.6 Å². The summed E-state index contributed by atoms with van der Waals surface area (Å²) in [6.45, 7) is 9.07. The van der Waals surface area contributed by atoms with Crippen LogP contribution in [0.25, 0.3) is 104 Å². The van der Waals surface area contributed by atoms with Crippen molar-refractivity contribution in [2.45, 2.75) is 0 Å². The molecule has 0 fully saturated rings. The molecule has 5 nitrogen and oxygen atoms in total. The van der Waals surface area contributed by atoms with Crippen molar-refractivity contribution in [3.05, 3.63) is 187 Å². The van der Waals surface area contributed by atoms with Crippen LogP contribution in [0, 0.1) is 17.9 Å². The summed E-state index contributed by atoms with van der Waals surface area (Å²) < 4.78 is 10.8. The molecule has 55 heavy (non-hydrogen) atoms. The molecule has 0 N–H and O–H groups in total. The van der Waals surface area contributed by atoms with E-state index in [1.807, 2.05) is 78.9 Å². The molecule has 254 valence electrons. The number of rotatable bonds is 4. The van der Waals surface area contributed by atoms with E-state index in [9.17, 15) is 5.26 Å². The van der Waals surface area contributed by atoms with E-state index >= 15 is 0 Å². The molecular weight excluding hydrogens is 673 g/mol. The lowest BCUT2D eigenvalue weighted by atomic mass is 9.88. The highest BCUT2D eigenvalue weighted by Gasteiger charge is 2.31. The van der Waals surface area contributed by atoms with Crippen LogP contribution < -0.4 is 0 Å². The quantitative estimate of drug-likeness (QED) is 0.172. The monoisotopic (exact) mass is 700 g/mol. The molecule has 0 spiro atoms. The zero-order valence-corrected chi connectivity index (χ0v) is 29.4. The molecule has 0 saturated carbocycles. The first-order valence-corrected chi connectivity index (χ1v) is 18.2. The molecule has 0 aliphatic heterocycles. The van der Waals surface area contributed by atoms with Gasteiger partial charge in [0.25, 0.3) is 0 Å². The van der Waals surface area contributed by atoms with Crippen LogP contribution in [0.15, 0.2) is 174 Å². The average molecular weight is 701 g/mol. The normalized spacial score (nSPS) is 11.6. The van der Waals surface area contributed by atoms with Gasteiger partial charge in [0.15, 0.2) is 0 Å². The highest BCUT2D eigenvalue weighted by molar-refractivity contribution is 6.19. The summed E-state index contributed by atoms with van der Waals surface area (Å²) >= 11 is 0. The van der Waals surface area contributed by atoms with E-state index in [1.54, 1.807) is 0 Å². The minimum atomic E-state index is 0.395. The second-order valence-electron chi connectivity index (χ2n) is 13.8. The first-order valence-electron chi connectivity index (χ1n) is 18.2. The number of nitrogens with zero attached hydrogens (tertiary/aromatic N) is 4. The zero-order chi connectivity index (χ0) is 36.6. The molecule has 11 rings (SSSR count). The van der Waals surface area contributed by atoms with E-state index in [1.165, 1.54) is 0 Å². The van der Waals surface area contributed by atoms with Crippen molar-refractivity contribution in [1.82, 2.24) is 9.13 Å². The predicted octanol–water partition coefficient (Wildman–Crippen LogP) is 13.5. The van der Waals surface area contributed by atoms with Gasteiger partial charge < -0.3 is 13.6 Å². The number of fused-ring (bicyclic) bond motifs is 9. The highest BCUT2D eigenvalue weighted by atomic mass is 16.3. The Hall–Kier alpha value is -7.86. The molecule has 0 bridgehead atoms. The first-order chi connectivity index (χ1) is 27.2. The fourth-order valence-electron chi connectivity index (χ4n) is 8.73. The molecule has 0 atom stereocenters. The third-order valence-electron chi connectivity index (χ3n) is 11.0. The minimum absolute atomic E-state index is 0.395. The Morgan fingerprint density at radius 2 is 0.945 bits per heavy atom. The third-order valence-corrected chi connectivity index (χ3v) is 11.0. The molecule has 0 aliphatic carbocycles. The summed E-state index contributed by atoms with van der Waals surface area (Å²) in [7, 11) is 0. The molecule has 8 aromatic carbocycles. The first kappa shape index (κ1) is 30.7. The van der Waals surface area contributed by atoms with E-state index in [2.05, 4.69) is 111 Å². The number of furan rings is 1. The van der Waals surface area contributed by atoms with Gasteiger partial charge in [0.2, 0.25) is 5.69 Å². The van der Waals surface area contributed by atoms with E-state index < -0.39 is 0 Å². The SMILES string of the molecule is [C-]#[N+]c1c(-c2ccccc2)c(-n2c3ccccc3c3ccccc32)c(-c2ccccc2)c(C#N)c1-n1c2ccccc2c2cc3c(cc21)oc1ccccc13. The second kappa shape index (κ2) is 11.8. The molecule has 0 saturated heterocycles. The van der Waals surface area contributed by atoms with Gasteiger partial charge in [-0.1, -0.05) is 133 Å². The summed E-state index contributed by atoms with van der Waals surface area (Å²) in [6.07, 6.45) is 0. The Morgan fingerprint density at radius 1 is 0.455 bits per heavy atom. The highest BCUT2D eigenvalue weighted by Crippen LogP contribution is 2.52. The number of hydrogen-bond donors (Lipinski definition) is 0. The lowest BCUT2D eigenvalue weighted by Crippen LogP contribution is -2.08. The van der Waals surface area contributed by atoms with Crippen molar-refractivity contribution in [2.24, 2.45) is 0 Å². The van der Waals surface area contributed by atoms with E-state index in [0.29, 0.717) is 16.9 Å². The summed E-state index contributed by atoms with van der Waals surface area (Å²) in [6, 6.07) is 60.4. The third kappa shape index (κ3) is 4.33. The Morgan fingerprint density at radius 3 is 1.53 bits per heavy atom. The molecular formula is C50H28N4O. The van der Waals surface area contributed by atoms with Crippen LogP contribution in [0.1, 0.15) is 5.56 Å². The maximum atomic E-state index is 11.6. The minimum Gasteiger partial charge on any atom is -0.456 e. The number of nitriles is 1. The summed E-state index contributed by atoms with van der Waals surface area (Å²) in [5.41, 5.74) is 10.7. The van der Waals surface area contributed by atoms with Gasteiger partial charge in [-0.25, -0.2) is 4.85 Å². The molecule has 0 aliphatic rings. The van der Waals surface area contributed by atoms with Crippen LogP contribution >= 0.6 is 0 Å². The van der Waals surface area contributed by atoms with Crippen molar-refractivity contribution >= 4 is 71.2 Å². The van der Waals surface area contributed by atoms with Gasteiger partial charge in [-0.15, -0.1) is 0 Å². The van der Waals surface area contributed by atoms with Crippen molar-refractivity contribution < 1.29 is 4.42 Å². The number of para-hydroxylation sites is 4. The van der Waals surface area contributed by atoms with Crippen LogP contribution in [-0.4, -0.2) is 9.13 Å². The van der Waals surface area contributed by atoms with E-state index in [4.69, 9.17) is 11.0 Å². The van der Waals surface area contributed by atoms with Gasteiger partial charge in [0, 0.05) is 49.5 Å². The predicted molar refractivity (Wildman–Crippen MR) is 224 cm³/mol. The molecule has 0 amide bonds. The summed E-state index contributed by atoms with van der Waals surface area (Å²) in [5, 5.41) is 17.9. The van der Waals surface area contributed by atoms with Crippen molar-refractivity contribution in [3.8, 4) is 39.7 Å². The molecule has 0 unspecified atom stereocenters. The van der Waals surface area contributed by atoms with E-state index in [-0.39, 0.29) is 0 Å². The lowest BCUT2D eigenvalue weighted by Gasteiger charge is -2.25. The number of hydrogen-bond acceptors (Lipinski definition) is 2. The molecule has 3 aromatic heterocycles. The smallest absolute Gasteiger partial charge is 0.221 e. The van der Waals surface area contributed by atoms with Crippen LogP contribution in [0.4, 0.5) is 5.69 Å². The van der Waals surface area contributed by atoms with Gasteiger partial charge in [-0.05, 0) is 41.5 Å².